The molecule has 0 spiro atoms. The minimum Gasteiger partial charge on any atom is -0.304 e. The molecule has 0 aliphatic carbocycles. The largest absolute Gasteiger partial charge is 0.304 e. The number of pyridine rings is 1. The predicted octanol–water partition coefficient (Wildman–Crippen LogP) is 3.95. The summed E-state index contributed by atoms with van der Waals surface area (Å²) in [5, 5.41) is 12.0. The summed E-state index contributed by atoms with van der Waals surface area (Å²) in [5.74, 6) is 0. The Labute approximate surface area is 149 Å². The van der Waals surface area contributed by atoms with Crippen LogP contribution in [0.15, 0.2) is 55.0 Å². The molecule has 0 saturated heterocycles. The van der Waals surface area contributed by atoms with Gasteiger partial charge in [0, 0.05) is 25.0 Å². The number of nitrogens with one attached hydrogen (secondary N) is 1. The zero-order chi connectivity index (χ0) is 17.9. The lowest BCUT2D eigenvalue weighted by molar-refractivity contribution is 0.347. The topological polar surface area (TPSA) is 55.6 Å². The molecular weight excluding hydrogens is 310 g/mol. The molecule has 0 amide bonds. The van der Waals surface area contributed by atoms with Gasteiger partial charge in [0.25, 0.3) is 0 Å². The van der Waals surface area contributed by atoms with E-state index in [-0.39, 0.29) is 11.6 Å². The van der Waals surface area contributed by atoms with E-state index in [1.807, 2.05) is 35.4 Å². The van der Waals surface area contributed by atoms with Gasteiger partial charge in [0.15, 0.2) is 0 Å². The molecule has 0 bridgehead atoms. The molecule has 3 aromatic rings. The number of hydrogen-bond acceptors (Lipinski definition) is 4. The van der Waals surface area contributed by atoms with E-state index in [2.05, 4.69) is 72.6 Å². The van der Waals surface area contributed by atoms with Gasteiger partial charge in [-0.2, -0.15) is 0 Å². The van der Waals surface area contributed by atoms with Crippen molar-refractivity contribution in [1.29, 1.82) is 0 Å². The predicted molar refractivity (Wildman–Crippen MR) is 99.9 cm³/mol. The van der Waals surface area contributed by atoms with Crippen LogP contribution >= 0.6 is 0 Å². The second kappa shape index (κ2) is 7.15. The molecule has 0 saturated carbocycles. The SMILES string of the molecule is CC(NCc1cn(C(C)(C)C)nn1)c1cccc(-c2ccncc2)c1. The Balaban J connectivity index is 1.67. The smallest absolute Gasteiger partial charge is 0.0965 e. The molecule has 0 aliphatic rings. The molecule has 5 nitrogen and oxygen atoms in total. The fraction of sp³-hybridized carbons (Fsp3) is 0.350. The molecule has 2 heterocycles. The van der Waals surface area contributed by atoms with Crippen molar-refractivity contribution in [3.63, 3.8) is 0 Å². The first-order valence-electron chi connectivity index (χ1n) is 8.59. The first-order chi connectivity index (χ1) is 11.9. The molecule has 25 heavy (non-hydrogen) atoms. The number of nitrogens with zero attached hydrogens (tertiary/aromatic N) is 4. The van der Waals surface area contributed by atoms with Crippen LogP contribution in [0.3, 0.4) is 0 Å². The number of benzene rings is 1. The van der Waals surface area contributed by atoms with E-state index in [0.29, 0.717) is 6.54 Å². The second-order valence-electron chi connectivity index (χ2n) is 7.29. The van der Waals surface area contributed by atoms with E-state index >= 15 is 0 Å². The molecule has 3 rings (SSSR count). The molecule has 5 heteroatoms. The van der Waals surface area contributed by atoms with Gasteiger partial charge >= 0.3 is 0 Å². The van der Waals surface area contributed by atoms with E-state index in [1.54, 1.807) is 0 Å². The van der Waals surface area contributed by atoms with Gasteiger partial charge in [0.1, 0.15) is 0 Å². The van der Waals surface area contributed by atoms with Crippen LogP contribution in [0.5, 0.6) is 0 Å². The Morgan fingerprint density at radius 3 is 2.52 bits per heavy atom. The van der Waals surface area contributed by atoms with Crippen LogP contribution in [0, 0.1) is 0 Å². The van der Waals surface area contributed by atoms with Crippen molar-refractivity contribution >= 4 is 0 Å². The summed E-state index contributed by atoms with van der Waals surface area (Å²) in [5.41, 5.74) is 4.53. The summed E-state index contributed by atoms with van der Waals surface area (Å²) < 4.78 is 1.90. The highest BCUT2D eigenvalue weighted by atomic mass is 15.4. The van der Waals surface area contributed by atoms with E-state index in [9.17, 15) is 0 Å². The molecule has 1 atom stereocenters. The van der Waals surface area contributed by atoms with Gasteiger partial charge in [0.05, 0.1) is 17.4 Å². The van der Waals surface area contributed by atoms with Crippen molar-refractivity contribution in [2.75, 3.05) is 0 Å². The third kappa shape index (κ3) is 4.31. The number of hydrogen-bond donors (Lipinski definition) is 1. The summed E-state index contributed by atoms with van der Waals surface area (Å²) in [6, 6.07) is 12.9. The van der Waals surface area contributed by atoms with E-state index in [4.69, 9.17) is 0 Å². The fourth-order valence-electron chi connectivity index (χ4n) is 2.61. The highest BCUT2D eigenvalue weighted by Gasteiger charge is 2.15. The summed E-state index contributed by atoms with van der Waals surface area (Å²) in [4.78, 5) is 4.08. The Morgan fingerprint density at radius 1 is 1.08 bits per heavy atom. The van der Waals surface area contributed by atoms with E-state index in [1.165, 1.54) is 16.7 Å². The summed E-state index contributed by atoms with van der Waals surface area (Å²) >= 11 is 0. The molecule has 1 unspecified atom stereocenters. The van der Waals surface area contributed by atoms with Crippen LogP contribution in [-0.4, -0.2) is 20.0 Å². The molecule has 2 aromatic heterocycles. The Bertz CT molecular complexity index is 817. The van der Waals surface area contributed by atoms with Crippen molar-refractivity contribution in [2.45, 2.75) is 45.8 Å². The van der Waals surface area contributed by atoms with Crippen molar-refractivity contribution in [1.82, 2.24) is 25.3 Å². The minimum absolute atomic E-state index is 0.0459. The van der Waals surface area contributed by atoms with Crippen LogP contribution in [0.25, 0.3) is 11.1 Å². The average Bonchev–Trinajstić information content (AvgIpc) is 3.10. The van der Waals surface area contributed by atoms with Crippen LogP contribution in [0.4, 0.5) is 0 Å². The maximum absolute atomic E-state index is 4.26. The zero-order valence-corrected chi connectivity index (χ0v) is 15.3. The Morgan fingerprint density at radius 2 is 1.84 bits per heavy atom. The highest BCUT2D eigenvalue weighted by Crippen LogP contribution is 2.23. The maximum atomic E-state index is 4.26. The first kappa shape index (κ1) is 17.3. The fourth-order valence-corrected chi connectivity index (χ4v) is 2.61. The molecule has 130 valence electrons. The summed E-state index contributed by atoms with van der Waals surface area (Å²) in [7, 11) is 0. The standard InChI is InChI=1S/C20H25N5/c1-15(22-13-19-14-25(24-23-19)20(2,3)4)17-6-5-7-18(12-17)16-8-10-21-11-9-16/h5-12,14-15,22H,13H2,1-4H3. The lowest BCUT2D eigenvalue weighted by Gasteiger charge is -2.17. The maximum Gasteiger partial charge on any atom is 0.0965 e. The van der Waals surface area contributed by atoms with Crippen LogP contribution in [0.2, 0.25) is 0 Å². The lowest BCUT2D eigenvalue weighted by atomic mass is 10.0. The van der Waals surface area contributed by atoms with Gasteiger partial charge in [-0.05, 0) is 62.6 Å². The molecule has 0 aliphatic heterocycles. The number of aromatic nitrogens is 4. The molecule has 1 N–H and O–H groups in total. The minimum atomic E-state index is -0.0459. The van der Waals surface area contributed by atoms with Crippen molar-refractivity contribution < 1.29 is 0 Å². The monoisotopic (exact) mass is 335 g/mol. The van der Waals surface area contributed by atoms with Gasteiger partial charge in [-0.1, -0.05) is 23.4 Å². The third-order valence-electron chi connectivity index (χ3n) is 4.22. The second-order valence-corrected chi connectivity index (χ2v) is 7.29. The van der Waals surface area contributed by atoms with Crippen LogP contribution in [-0.2, 0) is 12.1 Å². The van der Waals surface area contributed by atoms with Gasteiger partial charge in [0.2, 0.25) is 0 Å². The van der Waals surface area contributed by atoms with Gasteiger partial charge < -0.3 is 5.32 Å². The Kier molecular flexibility index (Phi) is 4.95. The van der Waals surface area contributed by atoms with Gasteiger partial charge in [-0.3, -0.25) is 4.98 Å². The third-order valence-corrected chi connectivity index (χ3v) is 4.22. The molecule has 1 aromatic carbocycles. The number of rotatable bonds is 5. The van der Waals surface area contributed by atoms with Crippen LogP contribution < -0.4 is 5.32 Å². The van der Waals surface area contributed by atoms with Crippen molar-refractivity contribution in [2.24, 2.45) is 0 Å². The molecular formula is C20H25N5. The van der Waals surface area contributed by atoms with Crippen molar-refractivity contribution in [3.05, 3.63) is 66.2 Å². The van der Waals surface area contributed by atoms with Crippen molar-refractivity contribution in [3.8, 4) is 11.1 Å². The molecule has 0 fully saturated rings. The quantitative estimate of drug-likeness (QED) is 0.767. The summed E-state index contributed by atoms with van der Waals surface area (Å²) in [6.07, 6.45) is 5.65. The molecule has 0 radical (unpaired) electrons. The zero-order valence-electron chi connectivity index (χ0n) is 15.3. The normalized spacial score (nSPS) is 13.0. The van der Waals surface area contributed by atoms with E-state index < -0.39 is 0 Å². The highest BCUT2D eigenvalue weighted by molar-refractivity contribution is 5.63. The summed E-state index contributed by atoms with van der Waals surface area (Å²) in [6.45, 7) is 9.21. The van der Waals surface area contributed by atoms with Gasteiger partial charge in [-0.15, -0.1) is 5.10 Å². The Hall–Kier alpha value is -2.53. The average molecular weight is 335 g/mol. The first-order valence-corrected chi connectivity index (χ1v) is 8.59. The van der Waals surface area contributed by atoms with Gasteiger partial charge in [-0.25, -0.2) is 4.68 Å². The van der Waals surface area contributed by atoms with E-state index in [0.717, 1.165) is 5.69 Å². The van der Waals surface area contributed by atoms with Crippen LogP contribution in [0.1, 0.15) is 45.0 Å². The lowest BCUT2D eigenvalue weighted by Crippen LogP contribution is -2.22.